The van der Waals surface area contributed by atoms with Crippen LogP contribution in [0.3, 0.4) is 0 Å². The van der Waals surface area contributed by atoms with Gasteiger partial charge in [-0.05, 0) is 55.3 Å². The largest absolute Gasteiger partial charge is 0.494 e. The molecule has 0 fully saturated rings. The second-order valence-corrected chi connectivity index (χ2v) is 6.23. The van der Waals surface area contributed by atoms with Crippen molar-refractivity contribution in [1.82, 2.24) is 0 Å². The Morgan fingerprint density at radius 3 is 2.36 bits per heavy atom. The average molecular weight is 362 g/mol. The highest BCUT2D eigenvalue weighted by Gasteiger charge is 2.05. The second-order valence-electron chi connectivity index (χ2n) is 5.83. The van der Waals surface area contributed by atoms with Gasteiger partial charge in [0.05, 0.1) is 6.61 Å². The van der Waals surface area contributed by atoms with Gasteiger partial charge in [-0.1, -0.05) is 37.4 Å². The lowest BCUT2D eigenvalue weighted by Crippen LogP contribution is -2.20. The first-order valence-corrected chi connectivity index (χ1v) is 8.88. The lowest BCUT2D eigenvalue weighted by molar-refractivity contribution is -0.118. The molecule has 2 aromatic carbocycles. The van der Waals surface area contributed by atoms with Crippen LogP contribution in [0.2, 0.25) is 5.02 Å². The van der Waals surface area contributed by atoms with Gasteiger partial charge in [-0.25, -0.2) is 0 Å². The van der Waals surface area contributed by atoms with E-state index in [1.54, 1.807) is 18.2 Å². The topological polar surface area (TPSA) is 47.6 Å². The van der Waals surface area contributed by atoms with E-state index in [0.717, 1.165) is 24.3 Å². The van der Waals surface area contributed by atoms with Crippen molar-refractivity contribution in [2.75, 3.05) is 18.5 Å². The summed E-state index contributed by atoms with van der Waals surface area (Å²) >= 11 is 6.04. The molecule has 2 aromatic rings. The Labute approximate surface area is 154 Å². The average Bonchev–Trinajstić information content (AvgIpc) is 2.61. The summed E-state index contributed by atoms with van der Waals surface area (Å²) in [5.41, 5.74) is 1.62. The Balaban J connectivity index is 1.76. The normalized spacial score (nSPS) is 10.4. The maximum atomic E-state index is 11.9. The maximum Gasteiger partial charge on any atom is 0.262 e. The van der Waals surface area contributed by atoms with Gasteiger partial charge in [0.1, 0.15) is 11.5 Å². The number of hydrogen-bond acceptors (Lipinski definition) is 3. The van der Waals surface area contributed by atoms with Gasteiger partial charge in [-0.2, -0.15) is 0 Å². The molecule has 0 spiro atoms. The maximum absolute atomic E-state index is 11.9. The van der Waals surface area contributed by atoms with Gasteiger partial charge in [0, 0.05) is 10.7 Å². The molecule has 0 saturated heterocycles. The molecule has 1 N–H and O–H groups in total. The summed E-state index contributed by atoms with van der Waals surface area (Å²) in [6.07, 6.45) is 3.40. The van der Waals surface area contributed by atoms with E-state index in [-0.39, 0.29) is 12.5 Å². The summed E-state index contributed by atoms with van der Waals surface area (Å²) < 4.78 is 11.1. The molecule has 0 saturated carbocycles. The van der Waals surface area contributed by atoms with Crippen LogP contribution in [0, 0.1) is 6.92 Å². The van der Waals surface area contributed by atoms with Crippen molar-refractivity contribution in [3.63, 3.8) is 0 Å². The predicted molar refractivity (Wildman–Crippen MR) is 102 cm³/mol. The number of hydrogen-bond donors (Lipinski definition) is 1. The summed E-state index contributed by atoms with van der Waals surface area (Å²) in [4.78, 5) is 11.9. The highest BCUT2D eigenvalue weighted by Crippen LogP contribution is 2.20. The first-order valence-electron chi connectivity index (χ1n) is 8.50. The van der Waals surface area contributed by atoms with Crippen molar-refractivity contribution in [1.29, 1.82) is 0 Å². The summed E-state index contributed by atoms with van der Waals surface area (Å²) in [6.45, 7) is 4.72. The van der Waals surface area contributed by atoms with Gasteiger partial charge in [-0.3, -0.25) is 4.79 Å². The number of halogens is 1. The molecular weight excluding hydrogens is 338 g/mol. The molecule has 2 rings (SSSR count). The van der Waals surface area contributed by atoms with Gasteiger partial charge in [0.2, 0.25) is 0 Å². The molecule has 0 atom stereocenters. The minimum Gasteiger partial charge on any atom is -0.494 e. The summed E-state index contributed by atoms with van der Waals surface area (Å²) in [7, 11) is 0. The van der Waals surface area contributed by atoms with Gasteiger partial charge in [0.15, 0.2) is 6.61 Å². The molecule has 5 heteroatoms. The van der Waals surface area contributed by atoms with Crippen LogP contribution in [0.5, 0.6) is 11.5 Å². The molecular formula is C20H24ClNO3. The van der Waals surface area contributed by atoms with Crippen molar-refractivity contribution in [2.45, 2.75) is 33.1 Å². The molecule has 1 amide bonds. The van der Waals surface area contributed by atoms with Crippen molar-refractivity contribution < 1.29 is 14.3 Å². The summed E-state index contributed by atoms with van der Waals surface area (Å²) in [6, 6.07) is 12.7. The fraction of sp³-hybridized carbons (Fsp3) is 0.350. The molecule has 0 unspecified atom stereocenters. The lowest BCUT2D eigenvalue weighted by Gasteiger charge is -2.10. The van der Waals surface area contributed by atoms with Crippen molar-refractivity contribution in [2.24, 2.45) is 0 Å². The number of ether oxygens (including phenoxy) is 2. The standard InChI is InChI=1S/C20H24ClNO3/c1-3-4-5-12-24-17-8-10-18(11-9-17)25-14-20(23)22-16-7-6-15(2)19(21)13-16/h6-11,13H,3-5,12,14H2,1-2H3,(H,22,23). The smallest absolute Gasteiger partial charge is 0.262 e. The van der Waals surface area contributed by atoms with Crippen LogP contribution in [0.1, 0.15) is 31.7 Å². The number of unbranched alkanes of at least 4 members (excludes halogenated alkanes) is 2. The van der Waals surface area contributed by atoms with E-state index in [9.17, 15) is 4.79 Å². The Morgan fingerprint density at radius 2 is 1.72 bits per heavy atom. The number of carbonyl (C=O) groups is 1. The molecule has 0 aliphatic heterocycles. The molecule has 0 aliphatic carbocycles. The second kappa shape index (κ2) is 9.94. The van der Waals surface area contributed by atoms with E-state index in [2.05, 4.69) is 12.2 Å². The summed E-state index contributed by atoms with van der Waals surface area (Å²) in [5, 5.41) is 3.38. The number of carbonyl (C=O) groups excluding carboxylic acids is 1. The Hall–Kier alpha value is -2.20. The third-order valence-electron chi connectivity index (χ3n) is 3.67. The number of aryl methyl sites for hydroxylation is 1. The summed E-state index contributed by atoms with van der Waals surface area (Å²) in [5.74, 6) is 1.19. The molecule has 0 aliphatic rings. The zero-order chi connectivity index (χ0) is 18.1. The number of rotatable bonds is 9. The zero-order valence-electron chi connectivity index (χ0n) is 14.7. The van der Waals surface area contributed by atoms with Crippen LogP contribution in [-0.2, 0) is 4.79 Å². The van der Waals surface area contributed by atoms with Gasteiger partial charge in [-0.15, -0.1) is 0 Å². The molecule has 0 aromatic heterocycles. The van der Waals surface area contributed by atoms with Crippen LogP contribution < -0.4 is 14.8 Å². The van der Waals surface area contributed by atoms with Crippen LogP contribution in [-0.4, -0.2) is 19.1 Å². The molecule has 0 radical (unpaired) electrons. The van der Waals surface area contributed by atoms with E-state index in [4.69, 9.17) is 21.1 Å². The molecule has 4 nitrogen and oxygen atoms in total. The highest BCUT2D eigenvalue weighted by atomic mass is 35.5. The van der Waals surface area contributed by atoms with E-state index < -0.39 is 0 Å². The SMILES string of the molecule is CCCCCOc1ccc(OCC(=O)Nc2ccc(C)c(Cl)c2)cc1. The van der Waals surface area contributed by atoms with Crippen LogP contribution in [0.15, 0.2) is 42.5 Å². The Kier molecular flexibility index (Phi) is 7.61. The predicted octanol–water partition coefficient (Wildman–Crippen LogP) is 5.23. The molecule has 0 heterocycles. The lowest BCUT2D eigenvalue weighted by atomic mass is 10.2. The number of amides is 1. The first kappa shape index (κ1) is 19.1. The van der Waals surface area contributed by atoms with Gasteiger partial charge >= 0.3 is 0 Å². The minimum absolute atomic E-state index is 0.0673. The van der Waals surface area contributed by atoms with Gasteiger partial charge < -0.3 is 14.8 Å². The quantitative estimate of drug-likeness (QED) is 0.621. The van der Waals surface area contributed by atoms with Crippen LogP contribution in [0.4, 0.5) is 5.69 Å². The third kappa shape index (κ3) is 6.67. The number of anilines is 1. The number of benzene rings is 2. The van der Waals surface area contributed by atoms with Crippen molar-refractivity contribution in [3.05, 3.63) is 53.1 Å². The first-order chi connectivity index (χ1) is 12.1. The Bertz CT molecular complexity index is 686. The minimum atomic E-state index is -0.236. The van der Waals surface area contributed by atoms with E-state index in [1.807, 2.05) is 31.2 Å². The highest BCUT2D eigenvalue weighted by molar-refractivity contribution is 6.31. The monoisotopic (exact) mass is 361 g/mol. The van der Waals surface area contributed by atoms with E-state index in [0.29, 0.717) is 16.5 Å². The van der Waals surface area contributed by atoms with Crippen molar-refractivity contribution >= 4 is 23.2 Å². The van der Waals surface area contributed by atoms with E-state index >= 15 is 0 Å². The Morgan fingerprint density at radius 1 is 1.04 bits per heavy atom. The number of nitrogens with one attached hydrogen (secondary N) is 1. The zero-order valence-corrected chi connectivity index (χ0v) is 15.4. The molecule has 25 heavy (non-hydrogen) atoms. The van der Waals surface area contributed by atoms with Gasteiger partial charge in [0.25, 0.3) is 5.91 Å². The fourth-order valence-corrected chi connectivity index (χ4v) is 2.37. The van der Waals surface area contributed by atoms with Crippen LogP contribution in [0.25, 0.3) is 0 Å². The molecule has 0 bridgehead atoms. The fourth-order valence-electron chi connectivity index (χ4n) is 2.19. The van der Waals surface area contributed by atoms with Crippen molar-refractivity contribution in [3.8, 4) is 11.5 Å². The van der Waals surface area contributed by atoms with Crippen LogP contribution >= 0.6 is 11.6 Å². The van der Waals surface area contributed by atoms with E-state index in [1.165, 1.54) is 12.8 Å². The third-order valence-corrected chi connectivity index (χ3v) is 4.07. The molecule has 134 valence electrons.